The molecule has 116 valence electrons. The van der Waals surface area contributed by atoms with Crippen LogP contribution in [0.3, 0.4) is 0 Å². The Balaban J connectivity index is 2.20. The smallest absolute Gasteiger partial charge is 0.381 e. The summed E-state index contributed by atoms with van der Waals surface area (Å²) in [5.74, 6) is -2.02. The van der Waals surface area contributed by atoms with Gasteiger partial charge in [0, 0.05) is 11.8 Å². The quantitative estimate of drug-likeness (QED) is 0.462. The number of ketones is 2. The fraction of sp³-hybridized carbons (Fsp3) is 0.176. The van der Waals surface area contributed by atoms with E-state index in [-0.39, 0.29) is 24.6 Å². The molecular weight excluding hydrogens is 296 g/mol. The third-order valence-corrected chi connectivity index (χ3v) is 3.15. The van der Waals surface area contributed by atoms with E-state index in [1.807, 2.05) is 6.07 Å². The van der Waals surface area contributed by atoms with E-state index >= 15 is 0 Å². The van der Waals surface area contributed by atoms with E-state index in [0.29, 0.717) is 11.1 Å². The summed E-state index contributed by atoms with van der Waals surface area (Å²) in [6.45, 7) is 1.60. The Labute approximate surface area is 132 Å². The first-order valence-corrected chi connectivity index (χ1v) is 6.96. The predicted octanol–water partition coefficient (Wildman–Crippen LogP) is 1.99. The highest BCUT2D eigenvalue weighted by atomic mass is 16.5. The maximum atomic E-state index is 12.3. The molecule has 0 aliphatic carbocycles. The molecule has 0 fully saturated rings. The van der Waals surface area contributed by atoms with Crippen molar-refractivity contribution in [1.82, 2.24) is 4.57 Å². The molecule has 0 radical (unpaired) electrons. The van der Waals surface area contributed by atoms with E-state index in [1.165, 1.54) is 16.7 Å². The van der Waals surface area contributed by atoms with Crippen LogP contribution in [0.5, 0.6) is 0 Å². The van der Waals surface area contributed by atoms with Gasteiger partial charge in [0.2, 0.25) is 0 Å². The number of esters is 1. The molecule has 0 atom stereocenters. The molecule has 6 heteroatoms. The topological polar surface area (TPSA) is 89.2 Å². The molecule has 2 aromatic rings. The number of carbonyl (C=O) groups is 3. The number of benzene rings is 1. The number of nitriles is 1. The van der Waals surface area contributed by atoms with Crippen LogP contribution in [0.1, 0.15) is 33.3 Å². The van der Waals surface area contributed by atoms with Crippen LogP contribution in [0, 0.1) is 11.3 Å². The SMILES string of the molecule is CCOC(=O)C(=O)c1cccn1CC(=O)c1cccc(C#N)c1. The van der Waals surface area contributed by atoms with Crippen LogP contribution in [0.2, 0.25) is 0 Å². The highest BCUT2D eigenvalue weighted by Gasteiger charge is 2.21. The highest BCUT2D eigenvalue weighted by molar-refractivity contribution is 6.40. The van der Waals surface area contributed by atoms with Gasteiger partial charge in [-0.05, 0) is 31.2 Å². The van der Waals surface area contributed by atoms with Gasteiger partial charge in [0.25, 0.3) is 5.78 Å². The summed E-state index contributed by atoms with van der Waals surface area (Å²) >= 11 is 0. The lowest BCUT2D eigenvalue weighted by Crippen LogP contribution is -2.22. The molecule has 23 heavy (non-hydrogen) atoms. The van der Waals surface area contributed by atoms with E-state index in [1.54, 1.807) is 37.4 Å². The van der Waals surface area contributed by atoms with Crippen LogP contribution < -0.4 is 0 Å². The summed E-state index contributed by atoms with van der Waals surface area (Å²) in [5, 5.41) is 8.87. The van der Waals surface area contributed by atoms with E-state index in [0.717, 1.165) is 0 Å². The van der Waals surface area contributed by atoms with Crippen LogP contribution in [-0.2, 0) is 16.1 Å². The Bertz CT molecular complexity index is 799. The van der Waals surface area contributed by atoms with Crippen molar-refractivity contribution in [1.29, 1.82) is 5.26 Å². The van der Waals surface area contributed by atoms with Gasteiger partial charge in [0.05, 0.1) is 30.5 Å². The van der Waals surface area contributed by atoms with Crippen molar-refractivity contribution in [2.24, 2.45) is 0 Å². The predicted molar refractivity (Wildman–Crippen MR) is 80.9 cm³/mol. The van der Waals surface area contributed by atoms with Gasteiger partial charge in [-0.1, -0.05) is 12.1 Å². The van der Waals surface area contributed by atoms with Gasteiger partial charge in [-0.25, -0.2) is 4.79 Å². The monoisotopic (exact) mass is 310 g/mol. The molecule has 0 spiro atoms. The largest absolute Gasteiger partial charge is 0.460 e. The van der Waals surface area contributed by atoms with Gasteiger partial charge in [0.1, 0.15) is 0 Å². The van der Waals surface area contributed by atoms with Crippen LogP contribution in [-0.4, -0.2) is 28.7 Å². The number of Topliss-reactive ketones (excluding diaryl/α,β-unsaturated/α-hetero) is 2. The normalized spacial score (nSPS) is 9.91. The minimum Gasteiger partial charge on any atom is -0.460 e. The Morgan fingerprint density at radius 3 is 2.70 bits per heavy atom. The summed E-state index contributed by atoms with van der Waals surface area (Å²) < 4.78 is 6.07. The van der Waals surface area contributed by atoms with Crippen LogP contribution >= 0.6 is 0 Å². The zero-order valence-corrected chi connectivity index (χ0v) is 12.5. The second kappa shape index (κ2) is 7.18. The lowest BCUT2D eigenvalue weighted by molar-refractivity contribution is -0.137. The van der Waals surface area contributed by atoms with Gasteiger partial charge in [-0.2, -0.15) is 5.26 Å². The van der Waals surface area contributed by atoms with Crippen LogP contribution in [0.25, 0.3) is 0 Å². The zero-order valence-electron chi connectivity index (χ0n) is 12.5. The van der Waals surface area contributed by atoms with Crippen molar-refractivity contribution in [2.75, 3.05) is 6.61 Å². The molecule has 6 nitrogen and oxygen atoms in total. The first-order valence-electron chi connectivity index (χ1n) is 6.96. The summed E-state index contributed by atoms with van der Waals surface area (Å²) in [4.78, 5) is 35.8. The molecule has 0 amide bonds. The molecule has 0 saturated carbocycles. The average Bonchev–Trinajstić information content (AvgIpc) is 3.02. The summed E-state index contributed by atoms with van der Waals surface area (Å²) in [6, 6.07) is 11.3. The third kappa shape index (κ3) is 3.71. The number of hydrogen-bond acceptors (Lipinski definition) is 5. The minimum absolute atomic E-state index is 0.0910. The number of aromatic nitrogens is 1. The Morgan fingerprint density at radius 2 is 2.00 bits per heavy atom. The fourth-order valence-corrected chi connectivity index (χ4v) is 2.07. The highest BCUT2D eigenvalue weighted by Crippen LogP contribution is 2.10. The molecule has 1 heterocycles. The second-order valence-corrected chi connectivity index (χ2v) is 4.69. The maximum Gasteiger partial charge on any atom is 0.381 e. The Kier molecular flexibility index (Phi) is 5.05. The maximum absolute atomic E-state index is 12.3. The number of nitrogens with zero attached hydrogens (tertiary/aromatic N) is 2. The fourth-order valence-electron chi connectivity index (χ4n) is 2.07. The van der Waals surface area contributed by atoms with Gasteiger partial charge < -0.3 is 9.30 Å². The van der Waals surface area contributed by atoms with Crippen molar-refractivity contribution in [3.8, 4) is 6.07 Å². The molecule has 0 aliphatic rings. The minimum atomic E-state index is -0.952. The molecule has 0 saturated heterocycles. The molecule has 1 aromatic carbocycles. The lowest BCUT2D eigenvalue weighted by atomic mass is 10.1. The summed E-state index contributed by atoms with van der Waals surface area (Å²) in [7, 11) is 0. The van der Waals surface area contributed by atoms with Crippen LogP contribution in [0.15, 0.2) is 42.6 Å². The number of hydrogen-bond donors (Lipinski definition) is 0. The first-order chi connectivity index (χ1) is 11.1. The molecule has 2 rings (SSSR count). The van der Waals surface area contributed by atoms with Gasteiger partial charge in [-0.3, -0.25) is 9.59 Å². The molecule has 0 aliphatic heterocycles. The standard InChI is InChI=1S/C17H14N2O4/c1-2-23-17(22)16(21)14-7-4-8-19(14)11-15(20)13-6-3-5-12(9-13)10-18/h3-9H,2,11H2,1H3. The van der Waals surface area contributed by atoms with Crippen molar-refractivity contribution in [3.05, 3.63) is 59.4 Å². The Hall–Kier alpha value is -3.20. The number of carbonyl (C=O) groups excluding carboxylic acids is 3. The molecular formula is C17H14N2O4. The molecule has 0 N–H and O–H groups in total. The van der Waals surface area contributed by atoms with E-state index < -0.39 is 11.8 Å². The van der Waals surface area contributed by atoms with Crippen LogP contribution in [0.4, 0.5) is 0 Å². The number of ether oxygens (including phenoxy) is 1. The van der Waals surface area contributed by atoms with E-state index in [9.17, 15) is 14.4 Å². The first kappa shape index (κ1) is 16.2. The van der Waals surface area contributed by atoms with Gasteiger partial charge in [0.15, 0.2) is 5.78 Å². The second-order valence-electron chi connectivity index (χ2n) is 4.69. The number of rotatable bonds is 6. The molecule has 0 bridgehead atoms. The van der Waals surface area contributed by atoms with Crippen molar-refractivity contribution in [2.45, 2.75) is 13.5 Å². The summed E-state index contributed by atoms with van der Waals surface area (Å²) in [5.41, 5.74) is 0.840. The summed E-state index contributed by atoms with van der Waals surface area (Å²) in [6.07, 6.45) is 1.54. The zero-order chi connectivity index (χ0) is 16.8. The van der Waals surface area contributed by atoms with Gasteiger partial charge >= 0.3 is 5.97 Å². The van der Waals surface area contributed by atoms with E-state index in [2.05, 4.69) is 4.74 Å². The lowest BCUT2D eigenvalue weighted by Gasteiger charge is -2.08. The third-order valence-electron chi connectivity index (χ3n) is 3.15. The van der Waals surface area contributed by atoms with Crippen molar-refractivity contribution >= 4 is 17.5 Å². The molecule has 1 aromatic heterocycles. The van der Waals surface area contributed by atoms with E-state index in [4.69, 9.17) is 5.26 Å². The molecule has 0 unspecified atom stereocenters. The van der Waals surface area contributed by atoms with Crippen molar-refractivity contribution < 1.29 is 19.1 Å². The van der Waals surface area contributed by atoms with Crippen molar-refractivity contribution in [3.63, 3.8) is 0 Å². The average molecular weight is 310 g/mol. The Morgan fingerprint density at radius 1 is 1.22 bits per heavy atom. The van der Waals surface area contributed by atoms with Gasteiger partial charge in [-0.15, -0.1) is 0 Å².